The van der Waals surface area contributed by atoms with Gasteiger partial charge in [0.05, 0.1) is 12.1 Å². The van der Waals surface area contributed by atoms with Crippen LogP contribution in [0.15, 0.2) is 0 Å². The van der Waals surface area contributed by atoms with Gasteiger partial charge in [-0.3, -0.25) is 10.1 Å². The Labute approximate surface area is 72.2 Å². The van der Waals surface area contributed by atoms with Crippen molar-refractivity contribution in [3.63, 3.8) is 0 Å². The summed E-state index contributed by atoms with van der Waals surface area (Å²) in [6.07, 6.45) is 1.35. The van der Waals surface area contributed by atoms with Crippen molar-refractivity contribution in [2.24, 2.45) is 0 Å². The summed E-state index contributed by atoms with van der Waals surface area (Å²) in [7, 11) is 0. The molecule has 4 nitrogen and oxygen atoms in total. The van der Waals surface area contributed by atoms with Crippen LogP contribution in [-0.2, 0) is 4.79 Å². The molecule has 0 saturated heterocycles. The van der Waals surface area contributed by atoms with E-state index in [0.717, 1.165) is 6.42 Å². The van der Waals surface area contributed by atoms with Gasteiger partial charge in [-0.15, -0.1) is 0 Å². The normalized spacial score (nSPS) is 14.8. The Hall–Kier alpha value is -1.08. The summed E-state index contributed by atoms with van der Waals surface area (Å²) in [5.41, 5.74) is 0. The van der Waals surface area contributed by atoms with E-state index in [4.69, 9.17) is 10.4 Å². The first kappa shape index (κ1) is 10.9. The molecule has 0 heterocycles. The first-order valence-corrected chi connectivity index (χ1v) is 4.00. The average Bonchev–Trinajstić information content (AvgIpc) is 2.03. The number of nitriles is 1. The quantitative estimate of drug-likeness (QED) is 0.638. The van der Waals surface area contributed by atoms with Crippen LogP contribution in [0.5, 0.6) is 0 Å². The Morgan fingerprint density at radius 1 is 1.75 bits per heavy atom. The summed E-state index contributed by atoms with van der Waals surface area (Å²) in [4.78, 5) is 10.6. The minimum Gasteiger partial charge on any atom is -0.480 e. The number of hydrogen-bond acceptors (Lipinski definition) is 3. The molecule has 0 saturated carbocycles. The number of nitrogens with one attached hydrogen (secondary N) is 1. The van der Waals surface area contributed by atoms with Gasteiger partial charge in [0.25, 0.3) is 0 Å². The molecule has 0 aromatic rings. The standard InChI is InChI=1S/C8H14N2O2/c1-3-4-7(8(11)12)10-6(2)5-9/h6-7,10H,3-4H2,1-2H3,(H,11,12). The summed E-state index contributed by atoms with van der Waals surface area (Å²) >= 11 is 0. The van der Waals surface area contributed by atoms with Crippen molar-refractivity contribution in [2.75, 3.05) is 0 Å². The summed E-state index contributed by atoms with van der Waals surface area (Å²) < 4.78 is 0. The van der Waals surface area contributed by atoms with Crippen LogP contribution in [0.4, 0.5) is 0 Å². The first-order valence-electron chi connectivity index (χ1n) is 4.00. The van der Waals surface area contributed by atoms with Crippen molar-refractivity contribution in [2.45, 2.75) is 38.8 Å². The maximum atomic E-state index is 10.6. The minimum absolute atomic E-state index is 0.405. The van der Waals surface area contributed by atoms with E-state index in [9.17, 15) is 4.79 Å². The molecule has 0 amide bonds. The molecule has 0 rings (SSSR count). The van der Waals surface area contributed by atoms with Crippen molar-refractivity contribution < 1.29 is 9.90 Å². The number of aliphatic carboxylic acids is 1. The molecule has 0 radical (unpaired) electrons. The zero-order valence-corrected chi connectivity index (χ0v) is 7.37. The first-order chi connectivity index (χ1) is 5.61. The second-order valence-corrected chi connectivity index (χ2v) is 2.70. The van der Waals surface area contributed by atoms with E-state index in [1.807, 2.05) is 13.0 Å². The lowest BCUT2D eigenvalue weighted by Crippen LogP contribution is -2.41. The largest absolute Gasteiger partial charge is 0.480 e. The molecule has 0 aliphatic rings. The maximum absolute atomic E-state index is 10.6. The summed E-state index contributed by atoms with van der Waals surface area (Å²) in [6.45, 7) is 3.56. The molecular weight excluding hydrogens is 156 g/mol. The van der Waals surface area contributed by atoms with Gasteiger partial charge in [0, 0.05) is 0 Å². The van der Waals surface area contributed by atoms with Crippen LogP contribution in [0, 0.1) is 11.3 Å². The van der Waals surface area contributed by atoms with Crippen LogP contribution in [0.3, 0.4) is 0 Å². The van der Waals surface area contributed by atoms with Gasteiger partial charge in [-0.1, -0.05) is 13.3 Å². The fraction of sp³-hybridized carbons (Fsp3) is 0.750. The topological polar surface area (TPSA) is 73.1 Å². The Morgan fingerprint density at radius 3 is 2.67 bits per heavy atom. The molecule has 0 bridgehead atoms. The van der Waals surface area contributed by atoms with Gasteiger partial charge in [-0.2, -0.15) is 5.26 Å². The fourth-order valence-corrected chi connectivity index (χ4v) is 0.906. The van der Waals surface area contributed by atoms with Gasteiger partial charge >= 0.3 is 5.97 Å². The summed E-state index contributed by atoms with van der Waals surface area (Å²) in [5, 5.41) is 19.8. The number of rotatable bonds is 5. The zero-order valence-electron chi connectivity index (χ0n) is 7.37. The van der Waals surface area contributed by atoms with E-state index in [2.05, 4.69) is 5.32 Å². The maximum Gasteiger partial charge on any atom is 0.320 e. The number of hydrogen-bond donors (Lipinski definition) is 2. The van der Waals surface area contributed by atoms with Crippen LogP contribution in [0.25, 0.3) is 0 Å². The summed E-state index contributed by atoms with van der Waals surface area (Å²) in [5.74, 6) is -0.890. The van der Waals surface area contributed by atoms with Gasteiger partial charge in [-0.25, -0.2) is 0 Å². The van der Waals surface area contributed by atoms with Crippen molar-refractivity contribution >= 4 is 5.97 Å². The number of nitrogens with zero attached hydrogens (tertiary/aromatic N) is 1. The van der Waals surface area contributed by atoms with Gasteiger partial charge in [-0.05, 0) is 13.3 Å². The van der Waals surface area contributed by atoms with Gasteiger partial charge in [0.2, 0.25) is 0 Å². The van der Waals surface area contributed by atoms with E-state index in [1.165, 1.54) is 0 Å². The third-order valence-corrected chi connectivity index (χ3v) is 1.52. The number of carboxylic acids is 1. The van der Waals surface area contributed by atoms with E-state index in [1.54, 1.807) is 6.92 Å². The highest BCUT2D eigenvalue weighted by molar-refractivity contribution is 5.73. The van der Waals surface area contributed by atoms with Crippen LogP contribution in [-0.4, -0.2) is 23.2 Å². The van der Waals surface area contributed by atoms with E-state index < -0.39 is 18.1 Å². The smallest absolute Gasteiger partial charge is 0.320 e. The zero-order chi connectivity index (χ0) is 9.56. The van der Waals surface area contributed by atoms with Crippen molar-refractivity contribution in [3.05, 3.63) is 0 Å². The van der Waals surface area contributed by atoms with Crippen LogP contribution in [0.1, 0.15) is 26.7 Å². The van der Waals surface area contributed by atoms with Crippen LogP contribution < -0.4 is 5.32 Å². The molecule has 0 aliphatic carbocycles. The molecule has 2 atom stereocenters. The molecule has 0 aromatic heterocycles. The Morgan fingerprint density at radius 2 is 2.33 bits per heavy atom. The molecule has 0 spiro atoms. The number of carboxylic acid groups (broad SMARTS) is 1. The minimum atomic E-state index is -0.890. The molecule has 12 heavy (non-hydrogen) atoms. The SMILES string of the molecule is CCCC(NC(C)C#N)C(=O)O. The highest BCUT2D eigenvalue weighted by Gasteiger charge is 2.17. The molecule has 4 heteroatoms. The monoisotopic (exact) mass is 170 g/mol. The number of carbonyl (C=O) groups is 1. The molecule has 2 unspecified atom stereocenters. The molecule has 2 N–H and O–H groups in total. The second-order valence-electron chi connectivity index (χ2n) is 2.70. The Balaban J connectivity index is 3.97. The van der Waals surface area contributed by atoms with E-state index >= 15 is 0 Å². The van der Waals surface area contributed by atoms with Crippen LogP contribution in [0.2, 0.25) is 0 Å². The predicted molar refractivity (Wildman–Crippen MR) is 44.5 cm³/mol. The van der Waals surface area contributed by atoms with Gasteiger partial charge in [0.1, 0.15) is 6.04 Å². The van der Waals surface area contributed by atoms with Crippen molar-refractivity contribution in [1.82, 2.24) is 5.32 Å². The van der Waals surface area contributed by atoms with E-state index in [0.29, 0.717) is 6.42 Å². The van der Waals surface area contributed by atoms with Gasteiger partial charge < -0.3 is 5.11 Å². The van der Waals surface area contributed by atoms with Gasteiger partial charge in [0.15, 0.2) is 0 Å². The predicted octanol–water partition coefficient (Wildman–Crippen LogP) is 0.741. The third kappa shape index (κ3) is 3.94. The molecule has 68 valence electrons. The van der Waals surface area contributed by atoms with Crippen molar-refractivity contribution in [1.29, 1.82) is 5.26 Å². The molecule has 0 aromatic carbocycles. The second kappa shape index (κ2) is 5.56. The highest BCUT2D eigenvalue weighted by atomic mass is 16.4. The third-order valence-electron chi connectivity index (χ3n) is 1.52. The Bertz CT molecular complexity index is 186. The summed E-state index contributed by atoms with van der Waals surface area (Å²) in [6, 6.07) is 0.936. The molecular formula is C8H14N2O2. The fourth-order valence-electron chi connectivity index (χ4n) is 0.906. The van der Waals surface area contributed by atoms with E-state index in [-0.39, 0.29) is 0 Å². The highest BCUT2D eigenvalue weighted by Crippen LogP contribution is 1.97. The molecule has 0 fully saturated rings. The lowest BCUT2D eigenvalue weighted by Gasteiger charge is -2.14. The van der Waals surface area contributed by atoms with Crippen molar-refractivity contribution in [3.8, 4) is 6.07 Å². The molecule has 0 aliphatic heterocycles. The lowest BCUT2D eigenvalue weighted by atomic mass is 10.1. The Kier molecular flexibility index (Phi) is 5.06. The average molecular weight is 170 g/mol. The lowest BCUT2D eigenvalue weighted by molar-refractivity contribution is -0.139. The van der Waals surface area contributed by atoms with Crippen LogP contribution >= 0.6 is 0 Å².